The second-order valence-corrected chi connectivity index (χ2v) is 11.3. The van der Waals surface area contributed by atoms with Crippen LogP contribution in [0.1, 0.15) is 53.9 Å². The summed E-state index contributed by atoms with van der Waals surface area (Å²) in [6, 6.07) is 0. The summed E-state index contributed by atoms with van der Waals surface area (Å²) in [5.41, 5.74) is -5.44. The predicted molar refractivity (Wildman–Crippen MR) is 126 cm³/mol. The molecule has 7 nitrogen and oxygen atoms in total. The van der Waals surface area contributed by atoms with E-state index in [9.17, 15) is 67.1 Å². The monoisotopic (exact) mass is 674 g/mol. The van der Waals surface area contributed by atoms with E-state index in [4.69, 9.17) is 14.2 Å². The lowest BCUT2D eigenvalue weighted by molar-refractivity contribution is -0.414. The third-order valence-corrected chi connectivity index (χ3v) is 6.96. The molecule has 0 aromatic rings. The zero-order valence-corrected chi connectivity index (χ0v) is 24.7. The molecule has 0 rings (SSSR count). The van der Waals surface area contributed by atoms with Crippen LogP contribution in [0.2, 0.25) is 0 Å². The minimum Gasteiger partial charge on any atom is -0.469 e. The van der Waals surface area contributed by atoms with Gasteiger partial charge in [0.15, 0.2) is 6.61 Å². The highest BCUT2D eigenvalue weighted by Gasteiger charge is 2.88. The molecule has 2 atom stereocenters. The van der Waals surface area contributed by atoms with Gasteiger partial charge in [-0.2, -0.15) is 43.9 Å². The van der Waals surface area contributed by atoms with Crippen molar-refractivity contribution in [1.29, 1.82) is 0 Å². The third-order valence-electron chi connectivity index (χ3n) is 6.96. The van der Waals surface area contributed by atoms with Crippen molar-refractivity contribution in [3.63, 3.8) is 0 Å². The van der Waals surface area contributed by atoms with Crippen LogP contribution < -0.4 is 0 Å². The summed E-state index contributed by atoms with van der Waals surface area (Å²) in [5.74, 6) is -40.4. The van der Waals surface area contributed by atoms with Crippen molar-refractivity contribution in [2.24, 2.45) is 16.2 Å². The van der Waals surface area contributed by atoms with E-state index in [1.807, 2.05) is 0 Å². The van der Waals surface area contributed by atoms with Gasteiger partial charge in [-0.05, 0) is 47.0 Å². The molecule has 0 N–H and O–H groups in total. The van der Waals surface area contributed by atoms with Gasteiger partial charge in [0.05, 0.1) is 30.0 Å². The summed E-state index contributed by atoms with van der Waals surface area (Å²) in [6.07, 6.45) is -7.23. The smallest absolute Gasteiger partial charge is 0.384 e. The van der Waals surface area contributed by atoms with Gasteiger partial charge in [-0.1, -0.05) is 6.92 Å². The topological polar surface area (TPSA) is 88.1 Å². The predicted octanol–water partition coefficient (Wildman–Crippen LogP) is 6.56. The molecule has 0 aliphatic heterocycles. The maximum absolute atomic E-state index is 14.2. The van der Waals surface area contributed by atoms with Crippen LogP contribution >= 0.6 is 0 Å². The van der Waals surface area contributed by atoms with E-state index >= 15 is 0 Å². The van der Waals surface area contributed by atoms with Gasteiger partial charge < -0.3 is 18.9 Å². The first kappa shape index (κ1) is 41.5. The summed E-state index contributed by atoms with van der Waals surface area (Å²) in [7, 11) is 2.24. The lowest BCUT2D eigenvalue weighted by Gasteiger charge is -2.40. The van der Waals surface area contributed by atoms with Crippen LogP contribution in [0.3, 0.4) is 0 Å². The molecule has 0 aromatic carbocycles. The molecule has 260 valence electrons. The Kier molecular flexibility index (Phi) is 13.1. The molecule has 0 bridgehead atoms. The zero-order chi connectivity index (χ0) is 35.4. The maximum Gasteiger partial charge on any atom is 0.384 e. The molecule has 44 heavy (non-hydrogen) atoms. The van der Waals surface area contributed by atoms with Crippen LogP contribution in [-0.4, -0.2) is 88.0 Å². The SMILES string of the molecule is CCC(C)(CC(C)(CC(C)(C)C(=O)OCCOC)C(=O)OC)C(=O)OCC(F)(F)C(F)(F)C(F)(F)C(F)(F)C(F)(F)C(F)F. The second kappa shape index (κ2) is 13.9. The largest absolute Gasteiger partial charge is 0.469 e. The molecule has 0 saturated heterocycles. The van der Waals surface area contributed by atoms with Crippen molar-refractivity contribution in [1.82, 2.24) is 0 Å². The minimum atomic E-state index is -7.78. The van der Waals surface area contributed by atoms with Crippen LogP contribution in [-0.2, 0) is 33.3 Å². The fourth-order valence-electron chi connectivity index (χ4n) is 4.31. The quantitative estimate of drug-likeness (QED) is 0.0705. The molecule has 0 aromatic heterocycles. The maximum atomic E-state index is 14.2. The number of rotatable bonds is 18. The van der Waals surface area contributed by atoms with Gasteiger partial charge in [-0.15, -0.1) is 0 Å². The van der Waals surface area contributed by atoms with Crippen LogP contribution in [0.25, 0.3) is 0 Å². The van der Waals surface area contributed by atoms with Crippen molar-refractivity contribution in [2.75, 3.05) is 34.0 Å². The lowest BCUT2D eigenvalue weighted by Crippen LogP contribution is -2.69. The standard InChI is InChI=1S/C25H34F12O7/c1-8-19(4,12-20(5,16(39)42-7)11-18(2,3)15(38)43-10-9-41-6)17(40)44-13-21(28,29)23(32,33)25(36,37)24(34,35)22(30,31)14(26)27/h14H,8-13H2,1-7H3. The Hall–Kier alpha value is -2.47. The highest BCUT2D eigenvalue weighted by Crippen LogP contribution is 2.58. The number of ether oxygens (including phenoxy) is 4. The zero-order valence-electron chi connectivity index (χ0n) is 24.7. The fourth-order valence-corrected chi connectivity index (χ4v) is 4.31. The van der Waals surface area contributed by atoms with Gasteiger partial charge in [-0.3, -0.25) is 14.4 Å². The van der Waals surface area contributed by atoms with Crippen molar-refractivity contribution in [2.45, 2.75) is 89.9 Å². The molecule has 0 saturated carbocycles. The molecular formula is C25H34F12O7. The van der Waals surface area contributed by atoms with Gasteiger partial charge >= 0.3 is 53.9 Å². The Balaban J connectivity index is 6.25. The van der Waals surface area contributed by atoms with Crippen molar-refractivity contribution in [3.05, 3.63) is 0 Å². The van der Waals surface area contributed by atoms with Crippen LogP contribution in [0, 0.1) is 16.2 Å². The molecule has 0 heterocycles. The van der Waals surface area contributed by atoms with E-state index in [2.05, 4.69) is 4.74 Å². The molecule has 0 aliphatic rings. The van der Waals surface area contributed by atoms with Gasteiger partial charge in [0.25, 0.3) is 0 Å². The number of methoxy groups -OCH3 is 2. The molecule has 19 heteroatoms. The molecular weight excluding hydrogens is 640 g/mol. The Morgan fingerprint density at radius 3 is 1.55 bits per heavy atom. The van der Waals surface area contributed by atoms with E-state index in [1.54, 1.807) is 0 Å². The second-order valence-electron chi connectivity index (χ2n) is 11.3. The lowest BCUT2D eigenvalue weighted by atomic mass is 9.65. The first-order chi connectivity index (χ1) is 19.5. The van der Waals surface area contributed by atoms with E-state index in [0.29, 0.717) is 0 Å². The Morgan fingerprint density at radius 1 is 0.636 bits per heavy atom. The third kappa shape index (κ3) is 8.02. The normalized spacial score (nSPS) is 16.6. The first-order valence-corrected chi connectivity index (χ1v) is 12.6. The highest BCUT2D eigenvalue weighted by molar-refractivity contribution is 5.82. The fraction of sp³-hybridized carbons (Fsp3) is 0.880. The Morgan fingerprint density at radius 2 is 1.14 bits per heavy atom. The summed E-state index contributed by atoms with van der Waals surface area (Å²) in [5, 5.41) is 0. The average molecular weight is 675 g/mol. The van der Waals surface area contributed by atoms with Crippen LogP contribution in [0.15, 0.2) is 0 Å². The van der Waals surface area contributed by atoms with Gasteiger partial charge in [0.1, 0.15) is 6.61 Å². The average Bonchev–Trinajstić information content (AvgIpc) is 2.89. The number of hydrogen-bond donors (Lipinski definition) is 0. The molecule has 2 unspecified atom stereocenters. The summed E-state index contributed by atoms with van der Waals surface area (Å²) in [6.45, 7) is 2.77. The van der Waals surface area contributed by atoms with E-state index in [1.165, 1.54) is 34.8 Å². The number of esters is 3. The number of carbonyl (C=O) groups is 3. The van der Waals surface area contributed by atoms with E-state index in [0.717, 1.165) is 14.0 Å². The Labute approximate surface area is 244 Å². The first-order valence-electron chi connectivity index (χ1n) is 12.6. The molecule has 0 spiro atoms. The van der Waals surface area contributed by atoms with Crippen molar-refractivity contribution >= 4 is 17.9 Å². The van der Waals surface area contributed by atoms with Crippen LogP contribution in [0.4, 0.5) is 52.7 Å². The number of halogens is 12. The summed E-state index contributed by atoms with van der Waals surface area (Å²) < 4.78 is 180. The summed E-state index contributed by atoms with van der Waals surface area (Å²) in [4.78, 5) is 38.1. The molecule has 0 aliphatic carbocycles. The van der Waals surface area contributed by atoms with E-state index in [-0.39, 0.29) is 13.2 Å². The van der Waals surface area contributed by atoms with Crippen molar-refractivity contribution in [3.8, 4) is 0 Å². The van der Waals surface area contributed by atoms with Gasteiger partial charge in [0, 0.05) is 7.11 Å². The molecule has 0 radical (unpaired) electrons. The van der Waals surface area contributed by atoms with Crippen LogP contribution in [0.5, 0.6) is 0 Å². The summed E-state index contributed by atoms with van der Waals surface area (Å²) >= 11 is 0. The van der Waals surface area contributed by atoms with Gasteiger partial charge in [-0.25, -0.2) is 8.78 Å². The minimum absolute atomic E-state index is 0.0116. The number of hydrogen-bond acceptors (Lipinski definition) is 7. The number of alkyl halides is 12. The van der Waals surface area contributed by atoms with E-state index < -0.39 is 96.1 Å². The van der Waals surface area contributed by atoms with Crippen molar-refractivity contribution < 1.29 is 86.0 Å². The molecule has 0 amide bonds. The number of carbonyl (C=O) groups excluding carboxylic acids is 3. The van der Waals surface area contributed by atoms with Gasteiger partial charge in [0.2, 0.25) is 0 Å². The molecule has 0 fully saturated rings. The highest BCUT2D eigenvalue weighted by atomic mass is 19.4. The Bertz CT molecular complexity index is 1020.